The predicted molar refractivity (Wildman–Crippen MR) is 90.3 cm³/mol. The Kier molecular flexibility index (Phi) is 6.39. The molecule has 0 bridgehead atoms. The summed E-state index contributed by atoms with van der Waals surface area (Å²) in [5.74, 6) is 0. The first-order valence-electron chi connectivity index (χ1n) is 7.58. The van der Waals surface area contributed by atoms with Crippen LogP contribution in [0.15, 0.2) is 72.8 Å². The summed E-state index contributed by atoms with van der Waals surface area (Å²) >= 11 is 0. The molecule has 4 heteroatoms. The van der Waals surface area contributed by atoms with Crippen molar-refractivity contribution in [3.63, 3.8) is 0 Å². The zero-order valence-corrected chi connectivity index (χ0v) is 12.8. The number of hydrogen-bond donors (Lipinski definition) is 3. The third kappa shape index (κ3) is 5.60. The van der Waals surface area contributed by atoms with Gasteiger partial charge in [0.05, 0.1) is 12.1 Å². The molecule has 0 spiro atoms. The number of benzene rings is 2. The molecule has 4 nitrogen and oxygen atoms in total. The zero-order valence-electron chi connectivity index (χ0n) is 12.8. The third-order valence-corrected chi connectivity index (χ3v) is 3.58. The Bertz CT molecular complexity index is 626. The standard InChI is InChI=1S/C19H21NO3/c21-18(16-12-5-2-6-13-16)17(20-19(22)23)14-8-7-11-15-9-3-1-4-10-15/h1-10,12-13,17-18,20-21H,11,14H2,(H,22,23)/t17-,18+/m1/s1. The van der Waals surface area contributed by atoms with Crippen molar-refractivity contribution in [1.29, 1.82) is 0 Å². The van der Waals surface area contributed by atoms with E-state index in [-0.39, 0.29) is 0 Å². The number of hydrogen-bond acceptors (Lipinski definition) is 2. The molecule has 0 aromatic heterocycles. The SMILES string of the molecule is O=C(O)N[C@H](CC=CCc1ccccc1)[C@@H](O)c1ccccc1. The summed E-state index contributed by atoms with van der Waals surface area (Å²) in [6, 6.07) is 18.5. The summed E-state index contributed by atoms with van der Waals surface area (Å²) < 4.78 is 0. The first-order valence-corrected chi connectivity index (χ1v) is 7.58. The molecule has 2 aromatic rings. The number of amides is 1. The topological polar surface area (TPSA) is 69.6 Å². The van der Waals surface area contributed by atoms with Gasteiger partial charge in [-0.3, -0.25) is 0 Å². The van der Waals surface area contributed by atoms with E-state index in [1.165, 1.54) is 5.56 Å². The van der Waals surface area contributed by atoms with Gasteiger partial charge in [0, 0.05) is 0 Å². The lowest BCUT2D eigenvalue weighted by Crippen LogP contribution is -2.38. The van der Waals surface area contributed by atoms with Crippen LogP contribution in [0.1, 0.15) is 23.7 Å². The first-order chi connectivity index (χ1) is 11.2. The molecule has 2 aromatic carbocycles. The summed E-state index contributed by atoms with van der Waals surface area (Å²) in [5.41, 5.74) is 1.89. The molecule has 0 unspecified atom stereocenters. The maximum atomic E-state index is 11.0. The molecule has 2 rings (SSSR count). The van der Waals surface area contributed by atoms with Gasteiger partial charge >= 0.3 is 6.09 Å². The Morgan fingerprint density at radius 3 is 2.22 bits per heavy atom. The number of aliphatic hydroxyl groups excluding tert-OH is 1. The maximum absolute atomic E-state index is 11.0. The highest BCUT2D eigenvalue weighted by molar-refractivity contribution is 5.65. The largest absolute Gasteiger partial charge is 0.465 e. The van der Waals surface area contributed by atoms with E-state index in [1.807, 2.05) is 60.7 Å². The fourth-order valence-corrected chi connectivity index (χ4v) is 2.38. The highest BCUT2D eigenvalue weighted by atomic mass is 16.4. The summed E-state index contributed by atoms with van der Waals surface area (Å²) in [6.45, 7) is 0. The zero-order chi connectivity index (χ0) is 16.5. The maximum Gasteiger partial charge on any atom is 0.404 e. The van der Waals surface area contributed by atoms with Gasteiger partial charge in [0.25, 0.3) is 0 Å². The highest BCUT2D eigenvalue weighted by Gasteiger charge is 2.21. The summed E-state index contributed by atoms with van der Waals surface area (Å²) in [6.07, 6.45) is 3.08. The quantitative estimate of drug-likeness (QED) is 0.685. The van der Waals surface area contributed by atoms with Crippen molar-refractivity contribution in [3.05, 3.63) is 83.9 Å². The molecule has 0 aliphatic heterocycles. The third-order valence-electron chi connectivity index (χ3n) is 3.58. The molecule has 0 aliphatic rings. The van der Waals surface area contributed by atoms with Gasteiger partial charge in [-0.1, -0.05) is 72.8 Å². The molecule has 0 saturated carbocycles. The molecule has 2 atom stereocenters. The van der Waals surface area contributed by atoms with E-state index in [9.17, 15) is 9.90 Å². The number of carboxylic acid groups (broad SMARTS) is 1. The summed E-state index contributed by atoms with van der Waals surface area (Å²) in [5, 5.41) is 21.7. The van der Waals surface area contributed by atoms with E-state index < -0.39 is 18.2 Å². The lowest BCUT2D eigenvalue weighted by Gasteiger charge is -2.22. The van der Waals surface area contributed by atoms with E-state index in [0.717, 1.165) is 6.42 Å². The van der Waals surface area contributed by atoms with Crippen LogP contribution in [0.2, 0.25) is 0 Å². The number of aliphatic hydroxyl groups is 1. The molecular weight excluding hydrogens is 290 g/mol. The van der Waals surface area contributed by atoms with Crippen molar-refractivity contribution in [3.8, 4) is 0 Å². The molecule has 0 heterocycles. The summed E-state index contributed by atoms with van der Waals surface area (Å²) in [7, 11) is 0. The van der Waals surface area contributed by atoms with Gasteiger partial charge in [0.1, 0.15) is 0 Å². The molecule has 0 saturated heterocycles. The average Bonchev–Trinajstić information content (AvgIpc) is 2.58. The van der Waals surface area contributed by atoms with Crippen molar-refractivity contribution < 1.29 is 15.0 Å². The van der Waals surface area contributed by atoms with Gasteiger partial charge in [0.15, 0.2) is 0 Å². The molecule has 1 amide bonds. The van der Waals surface area contributed by atoms with Crippen molar-refractivity contribution >= 4 is 6.09 Å². The lowest BCUT2D eigenvalue weighted by atomic mass is 9.99. The number of nitrogens with one attached hydrogen (secondary N) is 1. The van der Waals surface area contributed by atoms with Crippen LogP contribution in [0, 0.1) is 0 Å². The van der Waals surface area contributed by atoms with Gasteiger partial charge in [-0.25, -0.2) is 4.79 Å². The van der Waals surface area contributed by atoms with Crippen molar-refractivity contribution in [2.75, 3.05) is 0 Å². The Morgan fingerprint density at radius 1 is 1.00 bits per heavy atom. The second-order valence-electron chi connectivity index (χ2n) is 5.31. The Balaban J connectivity index is 1.97. The van der Waals surface area contributed by atoms with Gasteiger partial charge in [0.2, 0.25) is 0 Å². The monoisotopic (exact) mass is 311 g/mol. The van der Waals surface area contributed by atoms with Crippen molar-refractivity contribution in [1.82, 2.24) is 5.32 Å². The van der Waals surface area contributed by atoms with Gasteiger partial charge in [-0.2, -0.15) is 0 Å². The second kappa shape index (κ2) is 8.76. The van der Waals surface area contributed by atoms with Crippen LogP contribution in [-0.4, -0.2) is 22.3 Å². The molecule has 120 valence electrons. The van der Waals surface area contributed by atoms with E-state index in [4.69, 9.17) is 5.11 Å². The smallest absolute Gasteiger partial charge is 0.404 e. The lowest BCUT2D eigenvalue weighted by molar-refractivity contribution is 0.121. The minimum Gasteiger partial charge on any atom is -0.465 e. The van der Waals surface area contributed by atoms with Crippen LogP contribution in [0.4, 0.5) is 4.79 Å². The number of carbonyl (C=O) groups is 1. The minimum absolute atomic E-state index is 0.426. The minimum atomic E-state index is -1.14. The fraction of sp³-hybridized carbons (Fsp3) is 0.211. The van der Waals surface area contributed by atoms with E-state index in [0.29, 0.717) is 12.0 Å². The van der Waals surface area contributed by atoms with Gasteiger partial charge < -0.3 is 15.5 Å². The Labute approximate surface area is 136 Å². The van der Waals surface area contributed by atoms with Crippen LogP contribution in [-0.2, 0) is 6.42 Å². The van der Waals surface area contributed by atoms with E-state index in [1.54, 1.807) is 12.1 Å². The molecular formula is C19H21NO3. The highest BCUT2D eigenvalue weighted by Crippen LogP contribution is 2.19. The normalized spacial score (nSPS) is 13.6. The van der Waals surface area contributed by atoms with Crippen molar-refractivity contribution in [2.24, 2.45) is 0 Å². The first kappa shape index (κ1) is 16.8. The second-order valence-corrected chi connectivity index (χ2v) is 5.31. The molecule has 23 heavy (non-hydrogen) atoms. The van der Waals surface area contributed by atoms with Gasteiger partial charge in [-0.15, -0.1) is 0 Å². The Morgan fingerprint density at radius 2 is 1.61 bits per heavy atom. The molecule has 0 radical (unpaired) electrons. The van der Waals surface area contributed by atoms with Crippen LogP contribution in [0.25, 0.3) is 0 Å². The van der Waals surface area contributed by atoms with Crippen LogP contribution in [0.5, 0.6) is 0 Å². The van der Waals surface area contributed by atoms with Gasteiger partial charge in [-0.05, 0) is 24.0 Å². The average molecular weight is 311 g/mol. The molecule has 0 fully saturated rings. The number of allylic oxidation sites excluding steroid dienone is 1. The van der Waals surface area contributed by atoms with Crippen molar-refractivity contribution in [2.45, 2.75) is 25.0 Å². The Hall–Kier alpha value is -2.59. The molecule has 3 N–H and O–H groups in total. The van der Waals surface area contributed by atoms with Crippen LogP contribution < -0.4 is 5.32 Å². The van der Waals surface area contributed by atoms with E-state index >= 15 is 0 Å². The summed E-state index contributed by atoms with van der Waals surface area (Å²) in [4.78, 5) is 11.0. The van der Waals surface area contributed by atoms with Crippen LogP contribution in [0.3, 0.4) is 0 Å². The van der Waals surface area contributed by atoms with Crippen LogP contribution >= 0.6 is 0 Å². The van der Waals surface area contributed by atoms with E-state index in [2.05, 4.69) is 5.32 Å². The molecule has 0 aliphatic carbocycles. The predicted octanol–water partition coefficient (Wildman–Crippen LogP) is 3.55. The number of rotatable bonds is 7. The fourth-order valence-electron chi connectivity index (χ4n) is 2.38.